The predicted octanol–water partition coefficient (Wildman–Crippen LogP) is -2.67. The zero-order valence-corrected chi connectivity index (χ0v) is 15.4. The van der Waals surface area contributed by atoms with Gasteiger partial charge in [-0.25, -0.2) is 19.1 Å². The predicted molar refractivity (Wildman–Crippen MR) is 85.2 cm³/mol. The fourth-order valence-electron chi connectivity index (χ4n) is 2.27. The molecule has 0 aliphatic carbocycles. The van der Waals surface area contributed by atoms with Gasteiger partial charge in [-0.3, -0.25) is 4.57 Å². The van der Waals surface area contributed by atoms with Gasteiger partial charge in [-0.1, -0.05) is 0 Å². The highest BCUT2D eigenvalue weighted by Crippen LogP contribution is 2.53. The summed E-state index contributed by atoms with van der Waals surface area (Å²) in [4.78, 5) is 42.5. The van der Waals surface area contributed by atoms with Gasteiger partial charge in [0.25, 0.3) is 0 Å². The standard InChI is InChI=1S/C10H12N4O5.H4O7P2/c15-1-4-6(16)7(17)10(19-4)14-3-13-5-8(14)11-2-12-9(5)18;1-8(2,3)7-9(4,5)6/h2-4,6-7,10,15-17H,1H2,(H,11,12,18);(H2,1,2,3)(H2,4,5,6)/t4-,6-,7-,10-;/m1./s1. The third-order valence-electron chi connectivity index (χ3n) is 3.34. The van der Waals surface area contributed by atoms with E-state index in [1.165, 1.54) is 10.9 Å². The molecule has 1 saturated heterocycles. The van der Waals surface area contributed by atoms with Crippen LogP contribution in [0.4, 0.5) is 0 Å². The molecule has 1 aliphatic rings. The van der Waals surface area contributed by atoms with E-state index in [9.17, 15) is 24.4 Å². The van der Waals surface area contributed by atoms with Gasteiger partial charge in [0.15, 0.2) is 17.4 Å². The number of fused-ring (bicyclic) bond motifs is 1. The smallest absolute Gasteiger partial charge is 0.478 e. The molecule has 2 aromatic heterocycles. The van der Waals surface area contributed by atoms with Crippen molar-refractivity contribution < 1.29 is 58.2 Å². The molecule has 0 bridgehead atoms. The van der Waals surface area contributed by atoms with Crippen LogP contribution in [-0.4, -0.2) is 84.4 Å². The van der Waals surface area contributed by atoms with Gasteiger partial charge in [-0.2, -0.15) is 9.29 Å². The summed E-state index contributed by atoms with van der Waals surface area (Å²) in [5.41, 5.74) is 0.433. The number of ether oxygens (including phenoxy) is 1. The monoisotopic (exact) mass is 446 g/mol. The van der Waals surface area contributed by atoms with Crippen molar-refractivity contribution in [3.63, 3.8) is 0 Å². The summed E-state index contributed by atoms with van der Waals surface area (Å²) >= 11 is 0. The molecular formula is C10H16N4O12P2. The van der Waals surface area contributed by atoms with Crippen molar-refractivity contribution >= 4 is 26.8 Å². The maximum absolute atomic E-state index is 9.92. The third-order valence-corrected chi connectivity index (χ3v) is 5.05. The first-order valence-electron chi connectivity index (χ1n) is 7.15. The molecular weight excluding hydrogens is 430 g/mol. The Bertz CT molecular complexity index is 891. The SMILES string of the molecule is O=P(O)(O)OP(=O)(O)O.OC[C@H]1O[C@@H](n2cnc3c(O)ncnc32)[C@H](O)[C@@H]1O. The minimum absolute atomic E-state index is 0.167. The number of rotatable bonds is 4. The molecule has 0 saturated carbocycles. The molecule has 0 spiro atoms. The Morgan fingerprint density at radius 2 is 1.68 bits per heavy atom. The molecule has 16 nitrogen and oxygen atoms in total. The van der Waals surface area contributed by atoms with Gasteiger partial charge in [0.2, 0.25) is 5.88 Å². The van der Waals surface area contributed by atoms with Gasteiger partial charge in [0, 0.05) is 0 Å². The van der Waals surface area contributed by atoms with Crippen LogP contribution in [0.2, 0.25) is 0 Å². The third kappa shape index (κ3) is 5.50. The molecule has 1 aliphatic heterocycles. The minimum atomic E-state index is -5.05. The summed E-state index contributed by atoms with van der Waals surface area (Å²) in [6.07, 6.45) is -1.79. The second kappa shape index (κ2) is 8.44. The van der Waals surface area contributed by atoms with Crippen LogP contribution in [-0.2, 0) is 18.2 Å². The van der Waals surface area contributed by atoms with Crippen molar-refractivity contribution in [3.8, 4) is 5.88 Å². The summed E-state index contributed by atoms with van der Waals surface area (Å²) in [6, 6.07) is 0. The van der Waals surface area contributed by atoms with Gasteiger partial charge < -0.3 is 44.7 Å². The first-order chi connectivity index (χ1) is 12.8. The number of aromatic hydroxyl groups is 1. The number of nitrogens with zero attached hydrogens (tertiary/aromatic N) is 4. The quantitative estimate of drug-likeness (QED) is 0.223. The molecule has 158 valence electrons. The average Bonchev–Trinajstić information content (AvgIpc) is 3.08. The van der Waals surface area contributed by atoms with Gasteiger partial charge >= 0.3 is 15.6 Å². The Morgan fingerprint density at radius 3 is 2.14 bits per heavy atom. The lowest BCUT2D eigenvalue weighted by Gasteiger charge is -2.16. The Hall–Kier alpha value is -1.55. The fraction of sp³-hybridized carbons (Fsp3) is 0.500. The molecule has 0 aromatic carbocycles. The van der Waals surface area contributed by atoms with Gasteiger partial charge in [-0.15, -0.1) is 0 Å². The first-order valence-corrected chi connectivity index (χ1v) is 10.2. The Labute approximate surface area is 155 Å². The number of imidazole rings is 1. The molecule has 3 heterocycles. The van der Waals surface area contributed by atoms with E-state index in [1.807, 2.05) is 0 Å². The van der Waals surface area contributed by atoms with Crippen molar-refractivity contribution in [2.75, 3.05) is 6.61 Å². The molecule has 0 radical (unpaired) electrons. The minimum Gasteiger partial charge on any atom is -0.492 e. The molecule has 2 aromatic rings. The highest BCUT2D eigenvalue weighted by atomic mass is 31.3. The molecule has 4 atom stereocenters. The number of hydrogen-bond donors (Lipinski definition) is 8. The normalized spacial score (nSPS) is 25.5. The van der Waals surface area contributed by atoms with Crippen LogP contribution in [0.3, 0.4) is 0 Å². The van der Waals surface area contributed by atoms with E-state index < -0.39 is 46.8 Å². The van der Waals surface area contributed by atoms with Crippen molar-refractivity contribution in [1.29, 1.82) is 0 Å². The Balaban J connectivity index is 0.000000266. The van der Waals surface area contributed by atoms with Crippen LogP contribution in [0.25, 0.3) is 11.2 Å². The van der Waals surface area contributed by atoms with E-state index in [0.717, 1.165) is 6.33 Å². The summed E-state index contributed by atoms with van der Waals surface area (Å²) < 4.78 is 28.9. The molecule has 18 heteroatoms. The topological polar surface area (TPSA) is 258 Å². The molecule has 28 heavy (non-hydrogen) atoms. The number of hydrogen-bond acceptors (Lipinski definition) is 11. The number of phosphoric acid groups is 2. The zero-order chi connectivity index (χ0) is 21.3. The average molecular weight is 446 g/mol. The second-order valence-corrected chi connectivity index (χ2v) is 7.93. The van der Waals surface area contributed by atoms with E-state index in [0.29, 0.717) is 0 Å². The molecule has 0 unspecified atom stereocenters. The van der Waals surface area contributed by atoms with Crippen molar-refractivity contribution in [2.24, 2.45) is 0 Å². The Morgan fingerprint density at radius 1 is 1.07 bits per heavy atom. The van der Waals surface area contributed by atoms with Crippen molar-refractivity contribution in [1.82, 2.24) is 19.5 Å². The van der Waals surface area contributed by atoms with E-state index in [2.05, 4.69) is 19.3 Å². The van der Waals surface area contributed by atoms with Crippen LogP contribution in [0, 0.1) is 0 Å². The summed E-state index contributed by atoms with van der Waals surface area (Å²) in [7, 11) is -10.1. The lowest BCUT2D eigenvalue weighted by atomic mass is 10.1. The maximum Gasteiger partial charge on any atom is 0.478 e. The van der Waals surface area contributed by atoms with Crippen LogP contribution in [0.5, 0.6) is 5.88 Å². The fourth-order valence-corrected chi connectivity index (χ4v) is 3.38. The van der Waals surface area contributed by atoms with Crippen LogP contribution < -0.4 is 0 Å². The largest absolute Gasteiger partial charge is 0.492 e. The lowest BCUT2D eigenvalue weighted by molar-refractivity contribution is -0.0511. The van der Waals surface area contributed by atoms with Crippen LogP contribution >= 0.6 is 15.6 Å². The number of aliphatic hydroxyl groups excluding tert-OH is 3. The highest BCUT2D eigenvalue weighted by molar-refractivity contribution is 7.60. The lowest BCUT2D eigenvalue weighted by Crippen LogP contribution is -2.33. The second-order valence-electron chi connectivity index (χ2n) is 5.31. The first kappa shape index (κ1) is 22.7. The summed E-state index contributed by atoms with van der Waals surface area (Å²) in [6.45, 7) is -0.415. The number of aromatic nitrogens is 4. The summed E-state index contributed by atoms with van der Waals surface area (Å²) in [5.74, 6) is -0.282. The van der Waals surface area contributed by atoms with Gasteiger partial charge in [0.05, 0.1) is 12.9 Å². The van der Waals surface area contributed by atoms with Crippen LogP contribution in [0.1, 0.15) is 6.23 Å². The van der Waals surface area contributed by atoms with E-state index in [-0.39, 0.29) is 17.0 Å². The zero-order valence-electron chi connectivity index (χ0n) is 13.6. The van der Waals surface area contributed by atoms with E-state index >= 15 is 0 Å². The molecule has 8 N–H and O–H groups in total. The number of aliphatic hydroxyl groups is 3. The van der Waals surface area contributed by atoms with E-state index in [1.54, 1.807) is 0 Å². The maximum atomic E-state index is 9.92. The molecule has 0 amide bonds. The summed E-state index contributed by atoms with van der Waals surface area (Å²) in [5, 5.41) is 38.2. The molecule has 3 rings (SSSR count). The Kier molecular flexibility index (Phi) is 6.86. The van der Waals surface area contributed by atoms with E-state index in [4.69, 9.17) is 29.4 Å². The van der Waals surface area contributed by atoms with Gasteiger partial charge in [0.1, 0.15) is 24.6 Å². The van der Waals surface area contributed by atoms with Gasteiger partial charge in [-0.05, 0) is 0 Å². The molecule has 1 fully saturated rings. The van der Waals surface area contributed by atoms with Crippen LogP contribution in [0.15, 0.2) is 12.7 Å². The highest BCUT2D eigenvalue weighted by Gasteiger charge is 2.44. The van der Waals surface area contributed by atoms with Crippen molar-refractivity contribution in [3.05, 3.63) is 12.7 Å². The van der Waals surface area contributed by atoms with Crippen molar-refractivity contribution in [2.45, 2.75) is 24.5 Å².